The molecule has 0 aromatic carbocycles. The summed E-state index contributed by atoms with van der Waals surface area (Å²) in [5.41, 5.74) is 9.12. The number of hydrogen-bond donors (Lipinski definition) is 1. The number of hydrogen-bond acceptors (Lipinski definition) is 2. The predicted octanol–water partition coefficient (Wildman–Crippen LogP) is 1.92. The molecule has 0 spiro atoms. The Hall–Kier alpha value is -1.35. The summed E-state index contributed by atoms with van der Waals surface area (Å²) in [7, 11) is 0. The lowest BCUT2D eigenvalue weighted by atomic mass is 9.99. The summed E-state index contributed by atoms with van der Waals surface area (Å²) < 4.78 is 2.12. The van der Waals surface area contributed by atoms with E-state index in [1.54, 1.807) is 0 Å². The predicted molar refractivity (Wildman–Crippen MR) is 61.9 cm³/mol. The average Bonchev–Trinajstić information content (AvgIpc) is 2.41. The third kappa shape index (κ3) is 2.02. The van der Waals surface area contributed by atoms with Crippen molar-refractivity contribution in [2.24, 2.45) is 5.73 Å². The molecule has 0 saturated heterocycles. The number of aryl methyl sites for hydroxylation is 1. The van der Waals surface area contributed by atoms with Crippen LogP contribution in [0.2, 0.25) is 0 Å². The molecular weight excluding hydrogens is 186 g/mol. The van der Waals surface area contributed by atoms with Gasteiger partial charge in [0.2, 0.25) is 0 Å². The molecular formula is C12H17N3. The first-order chi connectivity index (χ1) is 6.97. The van der Waals surface area contributed by atoms with Crippen molar-refractivity contribution >= 4 is 5.65 Å². The van der Waals surface area contributed by atoms with Crippen LogP contribution in [0.3, 0.4) is 0 Å². The first kappa shape index (κ1) is 10.2. The van der Waals surface area contributed by atoms with E-state index in [0.29, 0.717) is 0 Å². The minimum Gasteiger partial charge on any atom is -0.325 e. The van der Waals surface area contributed by atoms with Crippen molar-refractivity contribution in [3.8, 4) is 0 Å². The minimum absolute atomic E-state index is 0.198. The van der Waals surface area contributed by atoms with Gasteiger partial charge in [0, 0.05) is 23.9 Å². The second-order valence-electron chi connectivity index (χ2n) is 4.74. The van der Waals surface area contributed by atoms with Gasteiger partial charge in [-0.1, -0.05) is 6.07 Å². The Balaban J connectivity index is 2.54. The van der Waals surface area contributed by atoms with Crippen molar-refractivity contribution < 1.29 is 0 Å². The van der Waals surface area contributed by atoms with Gasteiger partial charge in [-0.25, -0.2) is 4.98 Å². The van der Waals surface area contributed by atoms with E-state index in [4.69, 9.17) is 5.73 Å². The Kier molecular flexibility index (Phi) is 2.27. The number of rotatable bonds is 2. The lowest BCUT2D eigenvalue weighted by Gasteiger charge is -2.18. The van der Waals surface area contributed by atoms with Gasteiger partial charge in [0.25, 0.3) is 0 Å². The lowest BCUT2D eigenvalue weighted by Crippen LogP contribution is -2.35. The number of nitrogens with two attached hydrogens (primary N) is 1. The normalized spacial score (nSPS) is 12.3. The number of nitrogens with zero attached hydrogens (tertiary/aromatic N) is 2. The van der Waals surface area contributed by atoms with Gasteiger partial charge in [0.1, 0.15) is 5.65 Å². The molecule has 0 fully saturated rings. The van der Waals surface area contributed by atoms with Crippen molar-refractivity contribution in [2.75, 3.05) is 0 Å². The summed E-state index contributed by atoms with van der Waals surface area (Å²) in [6.07, 6.45) is 2.88. The van der Waals surface area contributed by atoms with Gasteiger partial charge in [-0.15, -0.1) is 0 Å². The molecule has 0 atom stereocenters. The Bertz CT molecular complexity index is 477. The van der Waals surface area contributed by atoms with E-state index in [1.165, 1.54) is 5.69 Å². The topological polar surface area (TPSA) is 43.3 Å². The van der Waals surface area contributed by atoms with Gasteiger partial charge in [0.05, 0.1) is 5.69 Å². The highest BCUT2D eigenvalue weighted by Crippen LogP contribution is 2.16. The second-order valence-corrected chi connectivity index (χ2v) is 4.74. The zero-order chi connectivity index (χ0) is 11.1. The van der Waals surface area contributed by atoms with Crippen molar-refractivity contribution in [3.05, 3.63) is 35.8 Å². The Morgan fingerprint density at radius 1 is 1.40 bits per heavy atom. The Labute approximate surface area is 89.9 Å². The molecule has 0 radical (unpaired) electrons. The monoisotopic (exact) mass is 203 g/mol. The standard InChI is InChI=1S/C12H17N3/c1-9-10(8-12(2,3)13)15-7-5-4-6-11(15)14-9/h4-7H,8,13H2,1-3H3. The number of pyridine rings is 1. The van der Waals surface area contributed by atoms with E-state index in [1.807, 2.05) is 45.2 Å². The van der Waals surface area contributed by atoms with Crippen molar-refractivity contribution in [3.63, 3.8) is 0 Å². The molecule has 0 amide bonds. The number of fused-ring (bicyclic) bond motifs is 1. The number of aromatic nitrogens is 2. The summed E-state index contributed by atoms with van der Waals surface area (Å²) in [6, 6.07) is 6.03. The molecule has 0 aliphatic rings. The van der Waals surface area contributed by atoms with Crippen LogP contribution in [0.4, 0.5) is 0 Å². The third-order valence-electron chi connectivity index (χ3n) is 2.45. The SMILES string of the molecule is Cc1nc2ccccn2c1CC(C)(C)N. The maximum atomic E-state index is 6.05. The van der Waals surface area contributed by atoms with Crippen molar-refractivity contribution in [2.45, 2.75) is 32.7 Å². The van der Waals surface area contributed by atoms with Gasteiger partial charge in [0.15, 0.2) is 0 Å². The molecule has 0 aliphatic heterocycles. The van der Waals surface area contributed by atoms with Crippen LogP contribution in [0.15, 0.2) is 24.4 Å². The second kappa shape index (κ2) is 3.35. The molecule has 15 heavy (non-hydrogen) atoms. The van der Waals surface area contributed by atoms with Crippen LogP contribution < -0.4 is 5.73 Å². The van der Waals surface area contributed by atoms with E-state index in [-0.39, 0.29) is 5.54 Å². The van der Waals surface area contributed by atoms with Crippen LogP contribution in [0.25, 0.3) is 5.65 Å². The van der Waals surface area contributed by atoms with Crippen LogP contribution >= 0.6 is 0 Å². The molecule has 0 bridgehead atoms. The lowest BCUT2D eigenvalue weighted by molar-refractivity contribution is 0.507. The molecule has 0 aliphatic carbocycles. The zero-order valence-electron chi connectivity index (χ0n) is 9.49. The fourth-order valence-electron chi connectivity index (χ4n) is 1.81. The smallest absolute Gasteiger partial charge is 0.137 e. The molecule has 0 saturated carbocycles. The molecule has 2 rings (SSSR count). The Morgan fingerprint density at radius 3 is 2.80 bits per heavy atom. The van der Waals surface area contributed by atoms with Crippen LogP contribution in [0.5, 0.6) is 0 Å². The van der Waals surface area contributed by atoms with Gasteiger partial charge in [-0.05, 0) is 32.9 Å². The minimum atomic E-state index is -0.198. The summed E-state index contributed by atoms with van der Waals surface area (Å²) in [5.74, 6) is 0. The highest BCUT2D eigenvalue weighted by molar-refractivity contribution is 5.43. The largest absolute Gasteiger partial charge is 0.325 e. The molecule has 0 unspecified atom stereocenters. The molecule has 2 aromatic heterocycles. The summed E-state index contributed by atoms with van der Waals surface area (Å²) in [5, 5.41) is 0. The first-order valence-corrected chi connectivity index (χ1v) is 5.19. The van der Waals surface area contributed by atoms with E-state index < -0.39 is 0 Å². The van der Waals surface area contributed by atoms with Crippen LogP contribution in [-0.2, 0) is 6.42 Å². The molecule has 2 heterocycles. The molecule has 2 aromatic rings. The van der Waals surface area contributed by atoms with E-state index >= 15 is 0 Å². The van der Waals surface area contributed by atoms with Gasteiger partial charge >= 0.3 is 0 Å². The molecule has 80 valence electrons. The molecule has 3 heteroatoms. The Morgan fingerprint density at radius 2 is 2.13 bits per heavy atom. The van der Waals surface area contributed by atoms with Crippen molar-refractivity contribution in [1.82, 2.24) is 9.38 Å². The molecule has 2 N–H and O–H groups in total. The summed E-state index contributed by atoms with van der Waals surface area (Å²) in [4.78, 5) is 4.50. The van der Waals surface area contributed by atoms with Gasteiger partial charge in [-0.2, -0.15) is 0 Å². The third-order valence-corrected chi connectivity index (χ3v) is 2.45. The highest BCUT2D eigenvalue weighted by atomic mass is 15.0. The van der Waals surface area contributed by atoms with E-state index in [2.05, 4.69) is 9.38 Å². The van der Waals surface area contributed by atoms with E-state index in [9.17, 15) is 0 Å². The quantitative estimate of drug-likeness (QED) is 0.810. The first-order valence-electron chi connectivity index (χ1n) is 5.19. The van der Waals surface area contributed by atoms with Crippen LogP contribution in [0, 0.1) is 6.92 Å². The maximum Gasteiger partial charge on any atom is 0.137 e. The fourth-order valence-corrected chi connectivity index (χ4v) is 1.81. The average molecular weight is 203 g/mol. The van der Waals surface area contributed by atoms with Gasteiger partial charge in [-0.3, -0.25) is 0 Å². The van der Waals surface area contributed by atoms with Crippen LogP contribution in [-0.4, -0.2) is 14.9 Å². The fraction of sp³-hybridized carbons (Fsp3) is 0.417. The van der Waals surface area contributed by atoms with Crippen LogP contribution in [0.1, 0.15) is 25.2 Å². The molecule has 3 nitrogen and oxygen atoms in total. The summed E-state index contributed by atoms with van der Waals surface area (Å²) in [6.45, 7) is 6.11. The van der Waals surface area contributed by atoms with Gasteiger partial charge < -0.3 is 10.1 Å². The maximum absolute atomic E-state index is 6.05. The number of imidazole rings is 1. The van der Waals surface area contributed by atoms with Crippen molar-refractivity contribution in [1.29, 1.82) is 0 Å². The highest BCUT2D eigenvalue weighted by Gasteiger charge is 2.17. The zero-order valence-corrected chi connectivity index (χ0v) is 9.49. The summed E-state index contributed by atoms with van der Waals surface area (Å²) >= 11 is 0. The van der Waals surface area contributed by atoms with E-state index in [0.717, 1.165) is 17.8 Å².